The first kappa shape index (κ1) is 19.1. The van der Waals surface area contributed by atoms with Gasteiger partial charge in [0.25, 0.3) is 0 Å². The van der Waals surface area contributed by atoms with E-state index in [1.165, 1.54) is 42.3 Å². The first-order valence-electron chi connectivity index (χ1n) is 11.0. The SMILES string of the molecule is O=C1OCCN1C[C@@H]1CCCC[C@H]1CN1CCN(c2nsc3ccccc23)CC1. The van der Waals surface area contributed by atoms with E-state index in [2.05, 4.69) is 34.1 Å². The number of hydrogen-bond acceptors (Lipinski definition) is 6. The Kier molecular flexibility index (Phi) is 5.59. The van der Waals surface area contributed by atoms with E-state index in [1.54, 1.807) is 11.5 Å². The van der Waals surface area contributed by atoms with Crippen molar-refractivity contribution in [2.75, 3.05) is 57.3 Å². The molecular weight excluding hydrogens is 384 g/mol. The van der Waals surface area contributed by atoms with E-state index in [-0.39, 0.29) is 6.09 Å². The van der Waals surface area contributed by atoms with Crippen LogP contribution in [0.4, 0.5) is 10.6 Å². The van der Waals surface area contributed by atoms with Gasteiger partial charge in [-0.1, -0.05) is 25.0 Å². The van der Waals surface area contributed by atoms with Crippen LogP contribution < -0.4 is 4.90 Å². The molecule has 6 nitrogen and oxygen atoms in total. The highest BCUT2D eigenvalue weighted by Gasteiger charge is 2.33. The number of carbonyl (C=O) groups excluding carboxylic acids is 1. The topological polar surface area (TPSA) is 48.9 Å². The maximum Gasteiger partial charge on any atom is 0.409 e. The maximum atomic E-state index is 11.9. The summed E-state index contributed by atoms with van der Waals surface area (Å²) in [5.41, 5.74) is 0. The van der Waals surface area contributed by atoms with Crippen LogP contribution in [0.25, 0.3) is 10.1 Å². The van der Waals surface area contributed by atoms with Crippen molar-refractivity contribution in [2.45, 2.75) is 25.7 Å². The Morgan fingerprint density at radius 1 is 1.00 bits per heavy atom. The average Bonchev–Trinajstić information content (AvgIpc) is 3.36. The normalized spacial score (nSPS) is 26.3. The minimum absolute atomic E-state index is 0.113. The Morgan fingerprint density at radius 2 is 1.76 bits per heavy atom. The lowest BCUT2D eigenvalue weighted by Crippen LogP contribution is -2.49. The van der Waals surface area contributed by atoms with E-state index < -0.39 is 0 Å². The van der Waals surface area contributed by atoms with Crippen LogP contribution in [0.15, 0.2) is 24.3 Å². The van der Waals surface area contributed by atoms with E-state index in [0.29, 0.717) is 18.4 Å². The van der Waals surface area contributed by atoms with Crippen molar-refractivity contribution >= 4 is 33.5 Å². The van der Waals surface area contributed by atoms with Crippen LogP contribution >= 0.6 is 11.5 Å². The summed E-state index contributed by atoms with van der Waals surface area (Å²) >= 11 is 1.60. The van der Waals surface area contributed by atoms with Crippen LogP contribution in [0, 0.1) is 11.8 Å². The van der Waals surface area contributed by atoms with E-state index in [9.17, 15) is 4.79 Å². The quantitative estimate of drug-likeness (QED) is 0.747. The van der Waals surface area contributed by atoms with Crippen molar-refractivity contribution in [3.63, 3.8) is 0 Å². The number of anilines is 1. The predicted octanol–water partition coefficient (Wildman–Crippen LogP) is 3.68. The monoisotopic (exact) mass is 414 g/mol. The molecule has 0 spiro atoms. The van der Waals surface area contributed by atoms with Gasteiger partial charge in [0.15, 0.2) is 0 Å². The Morgan fingerprint density at radius 3 is 2.52 bits per heavy atom. The molecule has 3 heterocycles. The molecule has 1 aromatic heterocycles. The number of cyclic esters (lactones) is 1. The molecule has 0 bridgehead atoms. The van der Waals surface area contributed by atoms with Gasteiger partial charge in [0, 0.05) is 44.7 Å². The number of ether oxygens (including phenoxy) is 1. The molecule has 1 aliphatic carbocycles. The summed E-state index contributed by atoms with van der Waals surface area (Å²) in [5, 5.41) is 1.29. The van der Waals surface area contributed by atoms with E-state index in [0.717, 1.165) is 45.1 Å². The van der Waals surface area contributed by atoms with Gasteiger partial charge in [-0.15, -0.1) is 0 Å². The molecule has 2 atom stereocenters. The number of fused-ring (bicyclic) bond motifs is 1. The number of rotatable bonds is 5. The van der Waals surface area contributed by atoms with Crippen LogP contribution in [-0.2, 0) is 4.74 Å². The number of nitrogens with zero attached hydrogens (tertiary/aromatic N) is 4. The number of hydrogen-bond donors (Lipinski definition) is 0. The van der Waals surface area contributed by atoms with Crippen LogP contribution in [0.1, 0.15) is 25.7 Å². The number of aromatic nitrogens is 1. The van der Waals surface area contributed by atoms with Crippen molar-refractivity contribution in [2.24, 2.45) is 11.8 Å². The summed E-state index contributed by atoms with van der Waals surface area (Å²) in [7, 11) is 0. The highest BCUT2D eigenvalue weighted by atomic mass is 32.1. The number of amides is 1. The average molecular weight is 415 g/mol. The molecule has 3 aliphatic rings. The van der Waals surface area contributed by atoms with Crippen LogP contribution in [0.3, 0.4) is 0 Å². The minimum Gasteiger partial charge on any atom is -0.448 e. The molecule has 7 heteroatoms. The Labute approximate surface area is 176 Å². The second-order valence-corrected chi connectivity index (χ2v) is 9.46. The van der Waals surface area contributed by atoms with Crippen LogP contribution in [0.5, 0.6) is 0 Å². The molecular formula is C22H30N4O2S. The molecule has 29 heavy (non-hydrogen) atoms. The fourth-order valence-corrected chi connectivity index (χ4v) is 6.01. The van der Waals surface area contributed by atoms with Crippen molar-refractivity contribution in [1.82, 2.24) is 14.2 Å². The number of benzene rings is 1. The molecule has 0 radical (unpaired) electrons. The van der Waals surface area contributed by atoms with Gasteiger partial charge in [-0.05, 0) is 48.3 Å². The van der Waals surface area contributed by atoms with Crippen molar-refractivity contribution in [1.29, 1.82) is 0 Å². The second-order valence-electron chi connectivity index (χ2n) is 8.65. The zero-order valence-electron chi connectivity index (χ0n) is 17.0. The zero-order chi connectivity index (χ0) is 19.6. The molecule has 2 aromatic rings. The largest absolute Gasteiger partial charge is 0.448 e. The lowest BCUT2D eigenvalue weighted by atomic mass is 9.78. The van der Waals surface area contributed by atoms with E-state index in [4.69, 9.17) is 9.11 Å². The van der Waals surface area contributed by atoms with Crippen molar-refractivity contribution < 1.29 is 9.53 Å². The lowest BCUT2D eigenvalue weighted by Gasteiger charge is -2.40. The highest BCUT2D eigenvalue weighted by Crippen LogP contribution is 2.33. The maximum absolute atomic E-state index is 11.9. The number of carbonyl (C=O) groups is 1. The van der Waals surface area contributed by atoms with Crippen molar-refractivity contribution in [3.05, 3.63) is 24.3 Å². The lowest BCUT2D eigenvalue weighted by molar-refractivity contribution is 0.115. The van der Waals surface area contributed by atoms with Gasteiger partial charge in [-0.2, -0.15) is 4.37 Å². The Hall–Kier alpha value is -1.86. The fraction of sp³-hybridized carbons (Fsp3) is 0.636. The molecule has 1 saturated carbocycles. The third kappa shape index (κ3) is 4.08. The molecule has 2 saturated heterocycles. The fourth-order valence-electron chi connectivity index (χ4n) is 5.21. The first-order chi connectivity index (χ1) is 14.3. The summed E-state index contributed by atoms with van der Waals surface area (Å²) in [6.07, 6.45) is 5.06. The van der Waals surface area contributed by atoms with Crippen molar-refractivity contribution in [3.8, 4) is 0 Å². The van der Waals surface area contributed by atoms with Gasteiger partial charge in [0.2, 0.25) is 0 Å². The summed E-state index contributed by atoms with van der Waals surface area (Å²) in [5.74, 6) is 2.48. The van der Waals surface area contributed by atoms with E-state index >= 15 is 0 Å². The van der Waals surface area contributed by atoms with Crippen LogP contribution in [0.2, 0.25) is 0 Å². The minimum atomic E-state index is -0.113. The molecule has 156 valence electrons. The smallest absolute Gasteiger partial charge is 0.409 e. The molecule has 1 amide bonds. The van der Waals surface area contributed by atoms with E-state index in [1.807, 2.05) is 4.90 Å². The Balaban J connectivity index is 1.18. The predicted molar refractivity (Wildman–Crippen MR) is 117 cm³/mol. The standard InChI is InChI=1S/C22H30N4O2S/c27-22-26(13-14-28-22)16-18-6-2-1-5-17(18)15-24-9-11-25(12-10-24)21-19-7-3-4-8-20(19)29-23-21/h3-4,7-8,17-18H,1-2,5-6,9-16H2/t17-,18-/m0/s1. The van der Waals surface area contributed by atoms with Gasteiger partial charge in [-0.3, -0.25) is 4.90 Å². The summed E-state index contributed by atoms with van der Waals surface area (Å²) in [6.45, 7) is 7.66. The Bertz CT molecular complexity index is 848. The van der Waals surface area contributed by atoms with Gasteiger partial charge in [0.05, 0.1) is 11.2 Å². The molecule has 0 unspecified atom stereocenters. The van der Waals surface area contributed by atoms with Gasteiger partial charge < -0.3 is 14.5 Å². The summed E-state index contributed by atoms with van der Waals surface area (Å²) in [4.78, 5) is 18.9. The third-order valence-electron chi connectivity index (χ3n) is 6.89. The summed E-state index contributed by atoms with van der Waals surface area (Å²) < 4.78 is 11.1. The van der Waals surface area contributed by atoms with Gasteiger partial charge in [-0.25, -0.2) is 4.79 Å². The second kappa shape index (κ2) is 8.48. The molecule has 5 rings (SSSR count). The third-order valence-corrected chi connectivity index (χ3v) is 7.71. The number of piperazine rings is 1. The zero-order valence-corrected chi connectivity index (χ0v) is 17.8. The molecule has 1 aromatic carbocycles. The first-order valence-corrected chi connectivity index (χ1v) is 11.8. The van der Waals surface area contributed by atoms with Crippen LogP contribution in [-0.4, -0.2) is 72.7 Å². The molecule has 2 aliphatic heterocycles. The molecule has 3 fully saturated rings. The molecule has 0 N–H and O–H groups in total. The highest BCUT2D eigenvalue weighted by molar-refractivity contribution is 7.13. The van der Waals surface area contributed by atoms with Gasteiger partial charge >= 0.3 is 6.09 Å². The summed E-state index contributed by atoms with van der Waals surface area (Å²) in [6, 6.07) is 8.54. The van der Waals surface area contributed by atoms with Gasteiger partial charge in [0.1, 0.15) is 12.4 Å².